The van der Waals surface area contributed by atoms with Gasteiger partial charge in [-0.1, -0.05) is 55.8 Å². The molecule has 3 heteroatoms. The van der Waals surface area contributed by atoms with Gasteiger partial charge in [-0.3, -0.25) is 0 Å². The van der Waals surface area contributed by atoms with E-state index in [4.69, 9.17) is 0 Å². The maximum Gasteiger partial charge on any atom is 0.165 e. The molecule has 0 aliphatic rings. The summed E-state index contributed by atoms with van der Waals surface area (Å²) in [6.45, 7) is 4.15. The minimum absolute atomic E-state index is 0.287. The van der Waals surface area contributed by atoms with Gasteiger partial charge in [0, 0.05) is 5.56 Å². The number of aromatic nitrogens is 2. The zero-order valence-electron chi connectivity index (χ0n) is 13.0. The van der Waals surface area contributed by atoms with Crippen LogP contribution in [0, 0.1) is 6.92 Å². The predicted molar refractivity (Wildman–Crippen MR) is 89.4 cm³/mol. The maximum atomic E-state index is 10.6. The molecule has 0 bridgehead atoms. The highest BCUT2D eigenvalue weighted by Crippen LogP contribution is 2.34. The second-order valence-electron chi connectivity index (χ2n) is 5.51. The van der Waals surface area contributed by atoms with Gasteiger partial charge in [0.2, 0.25) is 0 Å². The Morgan fingerprint density at radius 1 is 1.05 bits per heavy atom. The lowest BCUT2D eigenvalue weighted by Gasteiger charge is -2.08. The normalized spacial score (nSPS) is 10.8. The van der Waals surface area contributed by atoms with E-state index in [9.17, 15) is 5.11 Å². The van der Waals surface area contributed by atoms with Gasteiger partial charge in [0.15, 0.2) is 5.75 Å². The molecule has 0 atom stereocenters. The highest BCUT2D eigenvalue weighted by atomic mass is 16.3. The first kappa shape index (κ1) is 14.4. The Bertz CT molecular complexity index is 775. The molecular weight excluding hydrogens is 272 g/mol. The quantitative estimate of drug-likeness (QED) is 0.768. The Morgan fingerprint density at radius 2 is 1.82 bits per heavy atom. The molecule has 112 valence electrons. The minimum atomic E-state index is 0.287. The van der Waals surface area contributed by atoms with Crippen molar-refractivity contribution < 1.29 is 5.11 Å². The summed E-state index contributed by atoms with van der Waals surface area (Å²) in [6, 6.07) is 18.1. The van der Waals surface area contributed by atoms with Crippen molar-refractivity contribution in [1.82, 2.24) is 9.78 Å². The maximum absolute atomic E-state index is 10.6. The Labute approximate surface area is 130 Å². The van der Waals surface area contributed by atoms with Crippen molar-refractivity contribution in [3.8, 4) is 22.7 Å². The van der Waals surface area contributed by atoms with Crippen LogP contribution in [0.2, 0.25) is 0 Å². The summed E-state index contributed by atoms with van der Waals surface area (Å²) in [4.78, 5) is 0. The molecule has 3 nitrogen and oxygen atoms in total. The summed E-state index contributed by atoms with van der Waals surface area (Å²) in [7, 11) is 0. The van der Waals surface area contributed by atoms with Crippen LogP contribution in [-0.4, -0.2) is 14.9 Å². The lowest BCUT2D eigenvalue weighted by Crippen LogP contribution is -2.00. The summed E-state index contributed by atoms with van der Waals surface area (Å²) in [5.41, 5.74) is 4.62. The van der Waals surface area contributed by atoms with Crippen molar-refractivity contribution in [2.75, 3.05) is 0 Å². The van der Waals surface area contributed by atoms with E-state index in [0.29, 0.717) is 0 Å². The van der Waals surface area contributed by atoms with Crippen LogP contribution < -0.4 is 0 Å². The predicted octanol–water partition coefficient (Wildman–Crippen LogP) is 4.51. The fourth-order valence-corrected chi connectivity index (χ4v) is 2.66. The average Bonchev–Trinajstić information content (AvgIpc) is 2.86. The van der Waals surface area contributed by atoms with Crippen LogP contribution in [0.1, 0.15) is 24.6 Å². The lowest BCUT2D eigenvalue weighted by molar-refractivity contribution is 0.469. The first-order chi connectivity index (χ1) is 10.7. The molecule has 0 aliphatic carbocycles. The van der Waals surface area contributed by atoms with Crippen LogP contribution in [0.3, 0.4) is 0 Å². The van der Waals surface area contributed by atoms with E-state index < -0.39 is 0 Å². The van der Waals surface area contributed by atoms with E-state index in [2.05, 4.69) is 31.1 Å². The summed E-state index contributed by atoms with van der Waals surface area (Å²) in [5.74, 6) is 0.287. The van der Waals surface area contributed by atoms with Gasteiger partial charge in [-0.15, -0.1) is 0 Å². The Kier molecular flexibility index (Phi) is 3.96. The number of hydrogen-bond donors (Lipinski definition) is 1. The van der Waals surface area contributed by atoms with Gasteiger partial charge in [-0.2, -0.15) is 5.10 Å². The molecule has 1 aromatic heterocycles. The number of hydrogen-bond acceptors (Lipinski definition) is 2. The van der Waals surface area contributed by atoms with Crippen LogP contribution >= 0.6 is 0 Å². The molecule has 0 saturated carbocycles. The first-order valence-corrected chi connectivity index (χ1v) is 7.64. The third-order valence-electron chi connectivity index (χ3n) is 3.71. The number of aryl methyl sites for hydroxylation is 2. The third kappa shape index (κ3) is 2.62. The largest absolute Gasteiger partial charge is 0.504 e. The van der Waals surface area contributed by atoms with Crippen molar-refractivity contribution in [2.45, 2.75) is 26.7 Å². The molecule has 3 rings (SSSR count). The van der Waals surface area contributed by atoms with Gasteiger partial charge < -0.3 is 5.11 Å². The summed E-state index contributed by atoms with van der Waals surface area (Å²) in [6.07, 6.45) is 1.72. The van der Waals surface area contributed by atoms with Gasteiger partial charge >= 0.3 is 0 Å². The molecule has 22 heavy (non-hydrogen) atoms. The molecule has 1 N–H and O–H groups in total. The Hall–Kier alpha value is -2.55. The van der Waals surface area contributed by atoms with Crippen molar-refractivity contribution in [2.24, 2.45) is 0 Å². The highest BCUT2D eigenvalue weighted by Gasteiger charge is 2.19. The standard InChI is InChI=1S/C19H20N2O/c1-3-8-17-19(22)18(15-10-5-4-6-11-15)21(20-17)16-12-7-9-14(2)13-16/h4-7,9-13,22H,3,8H2,1-2H3. The van der Waals surface area contributed by atoms with Crippen LogP contribution in [0.4, 0.5) is 0 Å². The number of rotatable bonds is 4. The van der Waals surface area contributed by atoms with Crippen LogP contribution in [0.25, 0.3) is 16.9 Å². The van der Waals surface area contributed by atoms with Crippen LogP contribution in [-0.2, 0) is 6.42 Å². The third-order valence-corrected chi connectivity index (χ3v) is 3.71. The average molecular weight is 292 g/mol. The van der Waals surface area contributed by atoms with Crippen molar-refractivity contribution >= 4 is 0 Å². The molecule has 0 spiro atoms. The molecule has 0 unspecified atom stereocenters. The summed E-state index contributed by atoms with van der Waals surface area (Å²) >= 11 is 0. The number of nitrogens with zero attached hydrogens (tertiary/aromatic N) is 2. The van der Waals surface area contributed by atoms with Crippen molar-refractivity contribution in [1.29, 1.82) is 0 Å². The Morgan fingerprint density at radius 3 is 2.50 bits per heavy atom. The highest BCUT2D eigenvalue weighted by molar-refractivity contribution is 5.70. The topological polar surface area (TPSA) is 38.0 Å². The first-order valence-electron chi connectivity index (χ1n) is 7.64. The van der Waals surface area contributed by atoms with Crippen LogP contribution in [0.5, 0.6) is 5.75 Å². The molecule has 0 radical (unpaired) electrons. The van der Waals surface area contributed by atoms with Gasteiger partial charge in [0.05, 0.1) is 5.69 Å². The van der Waals surface area contributed by atoms with Gasteiger partial charge in [0.25, 0.3) is 0 Å². The van der Waals surface area contributed by atoms with Crippen LogP contribution in [0.15, 0.2) is 54.6 Å². The van der Waals surface area contributed by atoms with Gasteiger partial charge in [0.1, 0.15) is 11.4 Å². The number of aromatic hydroxyl groups is 1. The second-order valence-corrected chi connectivity index (χ2v) is 5.51. The zero-order chi connectivity index (χ0) is 15.5. The molecule has 3 aromatic rings. The van der Waals surface area contributed by atoms with Gasteiger partial charge in [-0.05, 0) is 31.0 Å². The molecule has 2 aromatic carbocycles. The molecule has 0 amide bonds. The molecule has 0 saturated heterocycles. The SMILES string of the molecule is CCCc1nn(-c2cccc(C)c2)c(-c2ccccc2)c1O. The van der Waals surface area contributed by atoms with E-state index in [1.54, 1.807) is 0 Å². The molecular formula is C19H20N2O. The van der Waals surface area contributed by atoms with Crippen molar-refractivity contribution in [3.05, 3.63) is 65.9 Å². The molecule has 1 heterocycles. The van der Waals surface area contributed by atoms with Crippen molar-refractivity contribution in [3.63, 3.8) is 0 Å². The lowest BCUT2D eigenvalue weighted by atomic mass is 10.1. The molecule has 0 aliphatic heterocycles. The molecule has 0 fully saturated rings. The smallest absolute Gasteiger partial charge is 0.165 e. The summed E-state index contributed by atoms with van der Waals surface area (Å²) in [5, 5.41) is 15.3. The summed E-state index contributed by atoms with van der Waals surface area (Å²) < 4.78 is 1.85. The van der Waals surface area contributed by atoms with E-state index in [-0.39, 0.29) is 5.75 Å². The van der Waals surface area contributed by atoms with E-state index >= 15 is 0 Å². The Balaban J connectivity index is 2.22. The fourth-order valence-electron chi connectivity index (χ4n) is 2.66. The second kappa shape index (κ2) is 6.06. The van der Waals surface area contributed by atoms with E-state index in [0.717, 1.165) is 35.5 Å². The van der Waals surface area contributed by atoms with Gasteiger partial charge in [-0.25, -0.2) is 4.68 Å². The monoisotopic (exact) mass is 292 g/mol. The number of benzene rings is 2. The minimum Gasteiger partial charge on any atom is -0.504 e. The zero-order valence-corrected chi connectivity index (χ0v) is 13.0. The van der Waals surface area contributed by atoms with E-state index in [1.165, 1.54) is 5.56 Å². The van der Waals surface area contributed by atoms with E-state index in [1.807, 2.05) is 47.1 Å². The fraction of sp³-hybridized carbons (Fsp3) is 0.211.